The van der Waals surface area contributed by atoms with Crippen molar-refractivity contribution in [1.82, 2.24) is 0 Å². The lowest BCUT2D eigenvalue weighted by Crippen LogP contribution is -1.94. The Morgan fingerprint density at radius 2 is 1.57 bits per heavy atom. The molecule has 0 bridgehead atoms. The molecule has 0 atom stereocenters. The van der Waals surface area contributed by atoms with Gasteiger partial charge < -0.3 is 0 Å². The number of thiophene rings is 1. The summed E-state index contributed by atoms with van der Waals surface area (Å²) in [5.41, 5.74) is 0. The molecule has 14 heavy (non-hydrogen) atoms. The molecule has 0 aliphatic rings. The SMILES string of the molecule is CS(=O)(=O)c1ccc(S(=O)(=O)O)s1.Cl. The number of halogens is 1. The van der Waals surface area contributed by atoms with Crippen molar-refractivity contribution in [2.24, 2.45) is 0 Å². The molecular formula is C5H7ClO5S3. The van der Waals surface area contributed by atoms with Gasteiger partial charge in [-0.15, -0.1) is 23.7 Å². The maximum absolute atomic E-state index is 10.9. The first-order chi connectivity index (χ1) is 5.71. The lowest BCUT2D eigenvalue weighted by Gasteiger charge is -1.89. The van der Waals surface area contributed by atoms with Crippen LogP contribution in [0.15, 0.2) is 20.6 Å². The number of rotatable bonds is 2. The zero-order valence-corrected chi connectivity index (χ0v) is 10.1. The van der Waals surface area contributed by atoms with Gasteiger partial charge in [-0.25, -0.2) is 8.42 Å². The van der Waals surface area contributed by atoms with Crippen LogP contribution in [-0.4, -0.2) is 27.6 Å². The number of hydrogen-bond donors (Lipinski definition) is 1. The van der Waals surface area contributed by atoms with Crippen molar-refractivity contribution in [2.45, 2.75) is 8.42 Å². The topological polar surface area (TPSA) is 88.5 Å². The molecule has 0 radical (unpaired) electrons. The fourth-order valence-corrected chi connectivity index (χ4v) is 3.39. The molecule has 0 spiro atoms. The summed E-state index contributed by atoms with van der Waals surface area (Å²) in [6, 6.07) is 2.19. The molecule has 0 aromatic carbocycles. The maximum atomic E-state index is 10.9. The third-order valence-electron chi connectivity index (χ3n) is 1.18. The highest BCUT2D eigenvalue weighted by Gasteiger charge is 2.17. The smallest absolute Gasteiger partial charge is 0.281 e. The van der Waals surface area contributed by atoms with Gasteiger partial charge in [-0.2, -0.15) is 8.42 Å². The first kappa shape index (κ1) is 13.8. The van der Waals surface area contributed by atoms with Gasteiger partial charge in [-0.05, 0) is 12.1 Å². The van der Waals surface area contributed by atoms with Gasteiger partial charge in [0, 0.05) is 6.26 Å². The minimum Gasteiger partial charge on any atom is -0.281 e. The molecule has 0 amide bonds. The van der Waals surface area contributed by atoms with Crippen molar-refractivity contribution in [2.75, 3.05) is 6.26 Å². The summed E-state index contributed by atoms with van der Waals surface area (Å²) in [6.07, 6.45) is 0.965. The monoisotopic (exact) mass is 278 g/mol. The van der Waals surface area contributed by atoms with Crippen molar-refractivity contribution in [3.8, 4) is 0 Å². The average molecular weight is 279 g/mol. The van der Waals surface area contributed by atoms with Crippen LogP contribution < -0.4 is 0 Å². The van der Waals surface area contributed by atoms with Crippen LogP contribution in [0.25, 0.3) is 0 Å². The molecule has 1 aromatic heterocycles. The predicted molar refractivity (Wildman–Crippen MR) is 54.5 cm³/mol. The van der Waals surface area contributed by atoms with E-state index in [9.17, 15) is 16.8 Å². The zero-order chi connectivity index (χ0) is 10.3. The van der Waals surface area contributed by atoms with Crippen molar-refractivity contribution < 1.29 is 21.4 Å². The molecule has 0 fully saturated rings. The summed E-state index contributed by atoms with van der Waals surface area (Å²) in [5.74, 6) is 0. The van der Waals surface area contributed by atoms with E-state index in [4.69, 9.17) is 4.55 Å². The minimum absolute atomic E-state index is 0. The Kier molecular flexibility index (Phi) is 4.11. The van der Waals surface area contributed by atoms with Crippen LogP contribution in [0.3, 0.4) is 0 Å². The predicted octanol–water partition coefficient (Wildman–Crippen LogP) is 0.820. The van der Waals surface area contributed by atoms with Gasteiger partial charge in [0.25, 0.3) is 0 Å². The van der Waals surface area contributed by atoms with Crippen LogP contribution in [-0.2, 0) is 20.0 Å². The maximum Gasteiger partial charge on any atom is 0.304 e. The van der Waals surface area contributed by atoms with Crippen LogP contribution in [0.4, 0.5) is 0 Å². The Morgan fingerprint density at radius 1 is 1.14 bits per heavy atom. The highest BCUT2D eigenvalue weighted by atomic mass is 35.5. The molecule has 9 heteroatoms. The molecule has 0 aliphatic carbocycles. The molecule has 0 saturated heterocycles. The third kappa shape index (κ3) is 3.21. The van der Waals surface area contributed by atoms with Gasteiger partial charge in [0.05, 0.1) is 0 Å². The lowest BCUT2D eigenvalue weighted by atomic mass is 10.7. The standard InChI is InChI=1S/C5H6O5S3.ClH/c1-12(6,7)4-2-3-5(11-4)13(8,9)10;/h2-3H,1H3,(H,8,9,10);1H. The van der Waals surface area contributed by atoms with E-state index >= 15 is 0 Å². The molecule has 1 rings (SSSR count). The fourth-order valence-electron chi connectivity index (χ4n) is 0.641. The number of hydrogen-bond acceptors (Lipinski definition) is 5. The highest BCUT2D eigenvalue weighted by Crippen LogP contribution is 2.24. The van der Waals surface area contributed by atoms with Crippen LogP contribution in [0.1, 0.15) is 0 Å². The summed E-state index contributed by atoms with van der Waals surface area (Å²) >= 11 is 0.521. The van der Waals surface area contributed by atoms with Crippen LogP contribution >= 0.6 is 23.7 Å². The normalized spacial score (nSPS) is 12.1. The van der Waals surface area contributed by atoms with Gasteiger partial charge in [0.2, 0.25) is 0 Å². The summed E-state index contributed by atoms with van der Waals surface area (Å²) in [6.45, 7) is 0. The second-order valence-electron chi connectivity index (χ2n) is 2.32. The Hall–Kier alpha value is -0.150. The second kappa shape index (κ2) is 4.15. The van der Waals surface area contributed by atoms with E-state index in [0.29, 0.717) is 11.3 Å². The van der Waals surface area contributed by atoms with Gasteiger partial charge in [0.15, 0.2) is 9.84 Å². The average Bonchev–Trinajstić information content (AvgIpc) is 2.28. The molecule has 0 aliphatic heterocycles. The van der Waals surface area contributed by atoms with E-state index in [1.807, 2.05) is 0 Å². The highest BCUT2D eigenvalue weighted by molar-refractivity contribution is 7.93. The second-order valence-corrected chi connectivity index (χ2v) is 7.30. The summed E-state index contributed by atoms with van der Waals surface area (Å²) < 4.78 is 51.0. The largest absolute Gasteiger partial charge is 0.304 e. The molecule has 0 saturated carbocycles. The third-order valence-corrected chi connectivity index (χ3v) is 5.40. The molecule has 1 N–H and O–H groups in total. The van der Waals surface area contributed by atoms with E-state index in [2.05, 4.69) is 0 Å². The first-order valence-electron chi connectivity index (χ1n) is 2.98. The summed E-state index contributed by atoms with van der Waals surface area (Å²) in [7, 11) is -7.69. The van der Waals surface area contributed by atoms with E-state index < -0.39 is 20.0 Å². The van der Waals surface area contributed by atoms with Crippen LogP contribution in [0.5, 0.6) is 0 Å². The first-order valence-corrected chi connectivity index (χ1v) is 7.13. The Balaban J connectivity index is 0.00000169. The van der Waals surface area contributed by atoms with E-state index in [-0.39, 0.29) is 20.8 Å². The van der Waals surface area contributed by atoms with E-state index in [0.717, 1.165) is 18.4 Å². The van der Waals surface area contributed by atoms with E-state index in [1.165, 1.54) is 0 Å². The van der Waals surface area contributed by atoms with Crippen molar-refractivity contribution in [1.29, 1.82) is 0 Å². The molecule has 1 aromatic rings. The molecule has 0 unspecified atom stereocenters. The fraction of sp³-hybridized carbons (Fsp3) is 0.200. The Labute approximate surface area is 91.8 Å². The van der Waals surface area contributed by atoms with Gasteiger partial charge >= 0.3 is 10.1 Å². The van der Waals surface area contributed by atoms with Crippen molar-refractivity contribution in [3.05, 3.63) is 12.1 Å². The molecule has 1 heterocycles. The molecule has 5 nitrogen and oxygen atoms in total. The van der Waals surface area contributed by atoms with E-state index in [1.54, 1.807) is 0 Å². The lowest BCUT2D eigenvalue weighted by molar-refractivity contribution is 0.485. The van der Waals surface area contributed by atoms with Gasteiger partial charge in [-0.3, -0.25) is 4.55 Å². The Bertz CT molecular complexity index is 465. The van der Waals surface area contributed by atoms with Crippen molar-refractivity contribution >= 4 is 43.7 Å². The number of sulfone groups is 1. The molecular weight excluding hydrogens is 272 g/mol. The minimum atomic E-state index is -4.29. The van der Waals surface area contributed by atoms with Crippen LogP contribution in [0, 0.1) is 0 Å². The summed E-state index contributed by atoms with van der Waals surface area (Å²) in [5, 5.41) is 0. The van der Waals surface area contributed by atoms with Gasteiger partial charge in [-0.1, -0.05) is 0 Å². The van der Waals surface area contributed by atoms with Gasteiger partial charge in [0.1, 0.15) is 8.42 Å². The van der Waals surface area contributed by atoms with Crippen molar-refractivity contribution in [3.63, 3.8) is 0 Å². The Morgan fingerprint density at radius 3 is 1.79 bits per heavy atom. The van der Waals surface area contributed by atoms with Crippen LogP contribution in [0.2, 0.25) is 0 Å². The quantitative estimate of drug-likeness (QED) is 0.809. The summed E-state index contributed by atoms with van der Waals surface area (Å²) in [4.78, 5) is 0. The zero-order valence-electron chi connectivity index (χ0n) is 6.87. The molecule has 82 valence electrons.